The van der Waals surface area contributed by atoms with E-state index in [1.807, 2.05) is 0 Å². The molecule has 0 aromatic heterocycles. The van der Waals surface area contributed by atoms with Crippen LogP contribution in [0, 0.1) is 6.92 Å². The second kappa shape index (κ2) is 6.78. The number of hydrogen-bond donors (Lipinski definition) is 0. The molecular weight excluding hydrogens is 315 g/mol. The van der Waals surface area contributed by atoms with E-state index in [0.717, 1.165) is 0 Å². The van der Waals surface area contributed by atoms with Crippen molar-refractivity contribution in [2.45, 2.75) is 12.1 Å². The zero-order valence-corrected chi connectivity index (χ0v) is 14.1. The molecule has 0 heterocycles. The van der Waals surface area contributed by atoms with Gasteiger partial charge in [-0.3, -0.25) is 0 Å². The van der Waals surface area contributed by atoms with E-state index in [4.69, 9.17) is 0 Å². The van der Waals surface area contributed by atoms with Crippen LogP contribution in [0.1, 0.15) is 11.1 Å². The van der Waals surface area contributed by atoms with Crippen LogP contribution in [0.4, 0.5) is 0 Å². The van der Waals surface area contributed by atoms with Crippen LogP contribution in [0.5, 0.6) is 0 Å². The Kier molecular flexibility index (Phi) is 4.58. The summed E-state index contributed by atoms with van der Waals surface area (Å²) >= 11 is -1.27. The molecule has 0 bridgehead atoms. The Balaban J connectivity index is 1.95. The van der Waals surface area contributed by atoms with Crippen LogP contribution in [0.25, 0.3) is 0 Å². The van der Waals surface area contributed by atoms with Gasteiger partial charge in [0.25, 0.3) is 0 Å². The Bertz CT molecular complexity index is 633. The zero-order chi connectivity index (χ0) is 14.5. The van der Waals surface area contributed by atoms with Gasteiger partial charge in [-0.15, -0.1) is 0 Å². The first-order valence-electron chi connectivity index (χ1n) is 7.26. The van der Waals surface area contributed by atoms with Crippen LogP contribution in [-0.4, -0.2) is 14.7 Å². The fourth-order valence-electron chi connectivity index (χ4n) is 2.42. The van der Waals surface area contributed by atoms with Gasteiger partial charge in [-0.1, -0.05) is 0 Å². The predicted octanol–water partition coefficient (Wildman–Crippen LogP) is 3.39. The van der Waals surface area contributed by atoms with Crippen molar-refractivity contribution in [3.05, 3.63) is 96.1 Å². The second-order valence-electron chi connectivity index (χ2n) is 5.24. The molecule has 21 heavy (non-hydrogen) atoms. The van der Waals surface area contributed by atoms with Crippen LogP contribution in [0.15, 0.2) is 84.9 Å². The quantitative estimate of drug-likeness (QED) is 0.642. The number of hydrogen-bond acceptors (Lipinski definition) is 0. The number of benzene rings is 3. The molecule has 3 rings (SSSR count). The Morgan fingerprint density at radius 2 is 1.10 bits per heavy atom. The molecule has 0 saturated carbocycles. The topological polar surface area (TPSA) is 0 Å². The number of aryl methyl sites for hydroxylation is 1. The monoisotopic (exact) mass is 334 g/mol. The molecule has 0 radical (unpaired) electrons. The van der Waals surface area contributed by atoms with Gasteiger partial charge in [-0.05, 0) is 0 Å². The van der Waals surface area contributed by atoms with E-state index >= 15 is 0 Å². The Hall–Kier alpha value is -1.78. The summed E-state index contributed by atoms with van der Waals surface area (Å²) in [6.45, 7) is 2.15. The van der Waals surface area contributed by atoms with Crippen molar-refractivity contribution in [2.24, 2.45) is 0 Å². The first-order valence-corrected chi connectivity index (χ1v) is 10.5. The summed E-state index contributed by atoms with van der Waals surface area (Å²) in [4.78, 5) is 0. The summed E-state index contributed by atoms with van der Waals surface area (Å²) in [5.74, 6) is 0. The molecule has 0 aliphatic rings. The van der Waals surface area contributed by atoms with E-state index in [0.29, 0.717) is 0 Å². The Morgan fingerprint density at radius 1 is 0.619 bits per heavy atom. The molecule has 0 amide bonds. The van der Waals surface area contributed by atoms with Crippen molar-refractivity contribution in [2.75, 3.05) is 0 Å². The molecular formula is C20H19As. The van der Waals surface area contributed by atoms with Gasteiger partial charge in [0.1, 0.15) is 0 Å². The molecule has 0 saturated heterocycles. The molecule has 0 aliphatic carbocycles. The van der Waals surface area contributed by atoms with Gasteiger partial charge in [0, 0.05) is 0 Å². The van der Waals surface area contributed by atoms with Crippen molar-refractivity contribution < 1.29 is 0 Å². The summed E-state index contributed by atoms with van der Waals surface area (Å²) in [7, 11) is 0. The summed E-state index contributed by atoms with van der Waals surface area (Å²) < 4.78 is 3.05. The van der Waals surface area contributed by atoms with Crippen LogP contribution in [-0.2, 0) is 5.21 Å². The number of rotatable bonds is 4. The summed E-state index contributed by atoms with van der Waals surface area (Å²) in [6.07, 6.45) is 0. The van der Waals surface area contributed by atoms with E-state index in [1.165, 1.54) is 25.0 Å². The fraction of sp³-hybridized carbons (Fsp3) is 0.100. The molecule has 0 N–H and O–H groups in total. The molecule has 0 nitrogen and oxygen atoms in total. The second-order valence-corrected chi connectivity index (χ2v) is 9.87. The average molecular weight is 334 g/mol. The zero-order valence-electron chi connectivity index (χ0n) is 12.2. The van der Waals surface area contributed by atoms with Crippen molar-refractivity contribution in [3.8, 4) is 0 Å². The van der Waals surface area contributed by atoms with Gasteiger partial charge in [0.05, 0.1) is 0 Å². The van der Waals surface area contributed by atoms with Crippen molar-refractivity contribution in [1.82, 2.24) is 0 Å². The van der Waals surface area contributed by atoms with Crippen molar-refractivity contribution in [1.29, 1.82) is 0 Å². The van der Waals surface area contributed by atoms with Crippen molar-refractivity contribution >= 4 is 23.4 Å². The summed E-state index contributed by atoms with van der Waals surface area (Å²) in [5, 5.41) is 1.18. The molecule has 0 atom stereocenters. The molecule has 0 fully saturated rings. The first-order chi connectivity index (χ1) is 10.3. The minimum absolute atomic E-state index is 1.18. The van der Waals surface area contributed by atoms with Gasteiger partial charge in [0.15, 0.2) is 0 Å². The average Bonchev–Trinajstić information content (AvgIpc) is 2.56. The maximum absolute atomic E-state index is 2.29. The third-order valence-electron chi connectivity index (χ3n) is 3.60. The van der Waals surface area contributed by atoms with Gasteiger partial charge in [-0.2, -0.15) is 0 Å². The Morgan fingerprint density at radius 3 is 1.57 bits per heavy atom. The van der Waals surface area contributed by atoms with Crippen LogP contribution in [0.2, 0.25) is 0 Å². The SMILES string of the molecule is Cc1ccc(C[As](c2ccccc2)c2ccccc2)cc1. The maximum atomic E-state index is 2.29. The van der Waals surface area contributed by atoms with E-state index < -0.39 is 14.7 Å². The molecule has 0 aliphatic heterocycles. The van der Waals surface area contributed by atoms with Crippen molar-refractivity contribution in [3.63, 3.8) is 0 Å². The van der Waals surface area contributed by atoms with Gasteiger partial charge in [0.2, 0.25) is 0 Å². The van der Waals surface area contributed by atoms with Gasteiger partial charge < -0.3 is 0 Å². The third-order valence-corrected chi connectivity index (χ3v) is 8.89. The molecule has 0 unspecified atom stereocenters. The molecule has 104 valence electrons. The van der Waals surface area contributed by atoms with E-state index in [9.17, 15) is 0 Å². The molecule has 0 spiro atoms. The normalized spacial score (nSPS) is 10.8. The molecule has 3 aromatic rings. The van der Waals surface area contributed by atoms with Crippen LogP contribution >= 0.6 is 0 Å². The van der Waals surface area contributed by atoms with E-state index in [1.54, 1.807) is 0 Å². The predicted molar refractivity (Wildman–Crippen MR) is 92.8 cm³/mol. The molecule has 3 aromatic carbocycles. The van der Waals surface area contributed by atoms with Gasteiger partial charge >= 0.3 is 132 Å². The van der Waals surface area contributed by atoms with E-state index in [2.05, 4.69) is 91.9 Å². The molecule has 1 heteroatoms. The third kappa shape index (κ3) is 3.65. The summed E-state index contributed by atoms with van der Waals surface area (Å²) in [5.41, 5.74) is 2.78. The minimum atomic E-state index is -1.27. The summed E-state index contributed by atoms with van der Waals surface area (Å²) in [6, 6.07) is 31.0. The van der Waals surface area contributed by atoms with E-state index in [-0.39, 0.29) is 0 Å². The first kappa shape index (κ1) is 14.2. The fourth-order valence-corrected chi connectivity index (χ4v) is 7.26. The standard InChI is InChI=1S/C20H19As/c1-17-12-14-18(15-13-17)16-21(19-8-4-2-5-9-19)20-10-6-3-7-11-20/h2-15H,16H2,1H3. The Labute approximate surface area is 131 Å². The van der Waals surface area contributed by atoms with Crippen LogP contribution < -0.4 is 8.70 Å². The van der Waals surface area contributed by atoms with Crippen LogP contribution in [0.3, 0.4) is 0 Å². The van der Waals surface area contributed by atoms with Gasteiger partial charge in [-0.25, -0.2) is 0 Å².